The lowest BCUT2D eigenvalue weighted by atomic mass is 10.2. The van der Waals surface area contributed by atoms with E-state index in [0.29, 0.717) is 12.4 Å². The molecule has 0 aromatic carbocycles. The molecule has 0 radical (unpaired) electrons. The number of pyridine rings is 1. The average Bonchev–Trinajstić information content (AvgIpc) is 2.98. The Labute approximate surface area is 114 Å². The van der Waals surface area contributed by atoms with Crippen LogP contribution in [0.2, 0.25) is 0 Å². The number of likely N-dealkylation sites (tertiary alicyclic amines) is 1. The standard InChI is InChI=1S/C14H21N3O2/c1-11(14(18)17-7-3-4-8-17)16-10-12-5-6-15-13(9-12)19-2/h5-6,9,11,16H,3-4,7-8,10H2,1-2H3. The molecule has 0 aliphatic carbocycles. The number of ether oxygens (including phenoxy) is 1. The second-order valence-electron chi connectivity index (χ2n) is 4.84. The third-order valence-corrected chi connectivity index (χ3v) is 3.41. The fourth-order valence-electron chi connectivity index (χ4n) is 2.24. The number of carbonyl (C=O) groups excluding carboxylic acids is 1. The molecule has 1 aromatic rings. The summed E-state index contributed by atoms with van der Waals surface area (Å²) in [5.41, 5.74) is 1.06. The van der Waals surface area contributed by atoms with Gasteiger partial charge < -0.3 is 15.0 Å². The number of amides is 1. The van der Waals surface area contributed by atoms with E-state index in [0.717, 1.165) is 31.5 Å². The number of carbonyl (C=O) groups is 1. The van der Waals surface area contributed by atoms with Crippen molar-refractivity contribution < 1.29 is 9.53 Å². The van der Waals surface area contributed by atoms with Crippen LogP contribution in [0.1, 0.15) is 25.3 Å². The van der Waals surface area contributed by atoms with Gasteiger partial charge in [0.1, 0.15) is 0 Å². The lowest BCUT2D eigenvalue weighted by Gasteiger charge is -2.21. The molecule has 104 valence electrons. The van der Waals surface area contributed by atoms with Crippen LogP contribution in [-0.4, -0.2) is 42.0 Å². The number of methoxy groups -OCH3 is 1. The number of nitrogens with one attached hydrogen (secondary N) is 1. The van der Waals surface area contributed by atoms with Crippen LogP contribution >= 0.6 is 0 Å². The number of aromatic nitrogens is 1. The van der Waals surface area contributed by atoms with E-state index in [4.69, 9.17) is 4.74 Å². The summed E-state index contributed by atoms with van der Waals surface area (Å²) >= 11 is 0. The molecule has 1 amide bonds. The normalized spacial score (nSPS) is 16.4. The number of rotatable bonds is 5. The van der Waals surface area contributed by atoms with Gasteiger partial charge in [0.05, 0.1) is 13.2 Å². The molecule has 0 bridgehead atoms. The molecule has 1 atom stereocenters. The van der Waals surface area contributed by atoms with Crippen LogP contribution in [0, 0.1) is 0 Å². The highest BCUT2D eigenvalue weighted by Gasteiger charge is 2.22. The van der Waals surface area contributed by atoms with Crippen molar-refractivity contribution >= 4 is 5.91 Å². The number of nitrogens with zero attached hydrogens (tertiary/aromatic N) is 2. The minimum atomic E-state index is -0.155. The first kappa shape index (κ1) is 13.8. The van der Waals surface area contributed by atoms with Crippen molar-refractivity contribution in [3.05, 3.63) is 23.9 Å². The summed E-state index contributed by atoms with van der Waals surface area (Å²) in [6, 6.07) is 3.64. The van der Waals surface area contributed by atoms with Crippen LogP contribution in [0.4, 0.5) is 0 Å². The number of hydrogen-bond acceptors (Lipinski definition) is 4. The predicted molar refractivity (Wildman–Crippen MR) is 72.9 cm³/mol. The van der Waals surface area contributed by atoms with Gasteiger partial charge >= 0.3 is 0 Å². The van der Waals surface area contributed by atoms with Crippen molar-refractivity contribution in [2.75, 3.05) is 20.2 Å². The molecular weight excluding hydrogens is 242 g/mol. The smallest absolute Gasteiger partial charge is 0.239 e. The Kier molecular flexibility index (Phi) is 4.74. The lowest BCUT2D eigenvalue weighted by Crippen LogP contribution is -2.43. The molecule has 2 heterocycles. The zero-order chi connectivity index (χ0) is 13.7. The lowest BCUT2D eigenvalue weighted by molar-refractivity contribution is -0.131. The van der Waals surface area contributed by atoms with Crippen molar-refractivity contribution in [3.8, 4) is 5.88 Å². The second kappa shape index (κ2) is 6.52. The fraction of sp³-hybridized carbons (Fsp3) is 0.571. The zero-order valence-electron chi connectivity index (χ0n) is 11.6. The van der Waals surface area contributed by atoms with Gasteiger partial charge in [-0.1, -0.05) is 0 Å². The van der Waals surface area contributed by atoms with Crippen molar-refractivity contribution in [1.29, 1.82) is 0 Å². The highest BCUT2D eigenvalue weighted by Crippen LogP contribution is 2.11. The Morgan fingerprint density at radius 3 is 2.95 bits per heavy atom. The van der Waals surface area contributed by atoms with Gasteiger partial charge in [-0.05, 0) is 31.4 Å². The Hall–Kier alpha value is -1.62. The summed E-state index contributed by atoms with van der Waals surface area (Å²) in [6.07, 6.45) is 3.96. The van der Waals surface area contributed by atoms with Gasteiger partial charge in [0, 0.05) is 31.9 Å². The van der Waals surface area contributed by atoms with Crippen molar-refractivity contribution in [3.63, 3.8) is 0 Å². The summed E-state index contributed by atoms with van der Waals surface area (Å²) in [5, 5.41) is 3.25. The Balaban J connectivity index is 1.85. The molecule has 2 rings (SSSR count). The van der Waals surface area contributed by atoms with Gasteiger partial charge in [-0.2, -0.15) is 0 Å². The molecule has 1 aliphatic rings. The maximum atomic E-state index is 12.1. The van der Waals surface area contributed by atoms with E-state index in [9.17, 15) is 4.79 Å². The quantitative estimate of drug-likeness (QED) is 0.867. The van der Waals surface area contributed by atoms with Crippen LogP contribution in [0.15, 0.2) is 18.3 Å². The average molecular weight is 263 g/mol. The van der Waals surface area contributed by atoms with E-state index in [1.165, 1.54) is 0 Å². The van der Waals surface area contributed by atoms with Crippen LogP contribution in [0.3, 0.4) is 0 Å². The monoisotopic (exact) mass is 263 g/mol. The molecule has 1 fully saturated rings. The van der Waals surface area contributed by atoms with Gasteiger partial charge in [-0.15, -0.1) is 0 Å². The Morgan fingerprint density at radius 1 is 1.53 bits per heavy atom. The zero-order valence-corrected chi connectivity index (χ0v) is 11.6. The van der Waals surface area contributed by atoms with Gasteiger partial charge in [-0.25, -0.2) is 4.98 Å². The molecule has 5 heteroatoms. The molecule has 1 aromatic heterocycles. The van der Waals surface area contributed by atoms with Gasteiger partial charge in [0.2, 0.25) is 11.8 Å². The first-order chi connectivity index (χ1) is 9.20. The highest BCUT2D eigenvalue weighted by molar-refractivity contribution is 5.81. The Bertz CT molecular complexity index is 430. The summed E-state index contributed by atoms with van der Waals surface area (Å²) < 4.78 is 5.08. The van der Waals surface area contributed by atoms with Gasteiger partial charge in [-0.3, -0.25) is 4.79 Å². The molecule has 1 aliphatic heterocycles. The molecule has 0 spiro atoms. The first-order valence-electron chi connectivity index (χ1n) is 6.72. The molecule has 1 N–H and O–H groups in total. The summed E-state index contributed by atoms with van der Waals surface area (Å²) in [4.78, 5) is 18.1. The van der Waals surface area contributed by atoms with Gasteiger partial charge in [0.15, 0.2) is 0 Å². The topological polar surface area (TPSA) is 54.5 Å². The highest BCUT2D eigenvalue weighted by atomic mass is 16.5. The SMILES string of the molecule is COc1cc(CNC(C)C(=O)N2CCCC2)ccn1. The van der Waals surface area contributed by atoms with Crippen molar-refractivity contribution in [2.24, 2.45) is 0 Å². The summed E-state index contributed by atoms with van der Waals surface area (Å²) in [5.74, 6) is 0.788. The third kappa shape index (κ3) is 3.67. The van der Waals surface area contributed by atoms with Crippen LogP contribution < -0.4 is 10.1 Å². The third-order valence-electron chi connectivity index (χ3n) is 3.41. The Morgan fingerprint density at radius 2 is 2.26 bits per heavy atom. The first-order valence-corrected chi connectivity index (χ1v) is 6.72. The molecule has 0 saturated carbocycles. The summed E-state index contributed by atoms with van der Waals surface area (Å²) in [7, 11) is 1.60. The van der Waals surface area contributed by atoms with Gasteiger partial charge in [0.25, 0.3) is 0 Å². The van der Waals surface area contributed by atoms with E-state index in [1.54, 1.807) is 13.3 Å². The van der Waals surface area contributed by atoms with E-state index in [2.05, 4.69) is 10.3 Å². The van der Waals surface area contributed by atoms with Crippen LogP contribution in [-0.2, 0) is 11.3 Å². The molecular formula is C14H21N3O2. The van der Waals surface area contributed by atoms with Crippen molar-refractivity contribution in [2.45, 2.75) is 32.4 Å². The van der Waals surface area contributed by atoms with E-state index < -0.39 is 0 Å². The van der Waals surface area contributed by atoms with Crippen molar-refractivity contribution in [1.82, 2.24) is 15.2 Å². The minimum Gasteiger partial charge on any atom is -0.481 e. The second-order valence-corrected chi connectivity index (χ2v) is 4.84. The van der Waals surface area contributed by atoms with Crippen LogP contribution in [0.5, 0.6) is 5.88 Å². The van der Waals surface area contributed by atoms with Crippen LogP contribution in [0.25, 0.3) is 0 Å². The maximum absolute atomic E-state index is 12.1. The minimum absolute atomic E-state index is 0.155. The largest absolute Gasteiger partial charge is 0.481 e. The fourth-order valence-corrected chi connectivity index (χ4v) is 2.24. The van der Waals surface area contributed by atoms with E-state index in [-0.39, 0.29) is 11.9 Å². The maximum Gasteiger partial charge on any atom is 0.239 e. The molecule has 19 heavy (non-hydrogen) atoms. The predicted octanol–water partition coefficient (Wildman–Crippen LogP) is 1.19. The van der Waals surface area contributed by atoms with E-state index >= 15 is 0 Å². The molecule has 5 nitrogen and oxygen atoms in total. The number of hydrogen-bond donors (Lipinski definition) is 1. The molecule has 1 saturated heterocycles. The molecule has 1 unspecified atom stereocenters. The summed E-state index contributed by atoms with van der Waals surface area (Å²) in [6.45, 7) is 4.35. The van der Waals surface area contributed by atoms with E-state index in [1.807, 2.05) is 24.0 Å².